The fourth-order valence-electron chi connectivity index (χ4n) is 1.74. The van der Waals surface area contributed by atoms with E-state index in [9.17, 15) is 18.0 Å². The van der Waals surface area contributed by atoms with Crippen LogP contribution in [0.15, 0.2) is 18.2 Å². The lowest BCUT2D eigenvalue weighted by Gasteiger charge is -2.16. The first-order chi connectivity index (χ1) is 8.91. The van der Waals surface area contributed by atoms with Gasteiger partial charge in [0, 0.05) is 6.42 Å². The van der Waals surface area contributed by atoms with Crippen LogP contribution in [0.1, 0.15) is 17.5 Å². The second-order valence-corrected chi connectivity index (χ2v) is 4.05. The minimum Gasteiger partial charge on any atom is -0.478 e. The summed E-state index contributed by atoms with van der Waals surface area (Å²) in [6.45, 7) is -0.367. The van der Waals surface area contributed by atoms with Gasteiger partial charge in [0.25, 0.3) is 0 Å². The molecule has 0 spiro atoms. The molecule has 104 valence electrons. The van der Waals surface area contributed by atoms with Crippen LogP contribution >= 0.6 is 0 Å². The van der Waals surface area contributed by atoms with Crippen molar-refractivity contribution >= 4 is 5.97 Å². The molecule has 1 aromatic carbocycles. The van der Waals surface area contributed by atoms with Gasteiger partial charge in [-0.2, -0.15) is 13.2 Å². The third-order valence-electron chi connectivity index (χ3n) is 2.69. The molecule has 1 aliphatic heterocycles. The predicted molar refractivity (Wildman–Crippen MR) is 57.4 cm³/mol. The van der Waals surface area contributed by atoms with Gasteiger partial charge in [0.15, 0.2) is 6.10 Å². The molecule has 7 heteroatoms. The highest BCUT2D eigenvalue weighted by Crippen LogP contribution is 2.37. The number of aliphatic hydroxyl groups excluding tert-OH is 1. The molecular formula is C12H11F3O4. The number of halogens is 3. The Labute approximate surface area is 106 Å². The van der Waals surface area contributed by atoms with Crippen molar-refractivity contribution in [2.45, 2.75) is 25.3 Å². The zero-order chi connectivity index (χ0) is 14.0. The van der Waals surface area contributed by atoms with Gasteiger partial charge in [-0.05, 0) is 17.7 Å². The molecule has 2 rings (SSSR count). The van der Waals surface area contributed by atoms with Crippen molar-refractivity contribution in [1.82, 2.24) is 0 Å². The van der Waals surface area contributed by atoms with Crippen molar-refractivity contribution in [2.75, 3.05) is 6.61 Å². The van der Waals surface area contributed by atoms with Gasteiger partial charge in [-0.1, -0.05) is 6.07 Å². The van der Waals surface area contributed by atoms with Crippen LogP contribution in [0, 0.1) is 0 Å². The van der Waals surface area contributed by atoms with Gasteiger partial charge < -0.3 is 14.6 Å². The summed E-state index contributed by atoms with van der Waals surface area (Å²) in [5.74, 6) is -1.10. The van der Waals surface area contributed by atoms with Crippen molar-refractivity contribution < 1.29 is 32.5 Å². The van der Waals surface area contributed by atoms with E-state index >= 15 is 0 Å². The summed E-state index contributed by atoms with van der Waals surface area (Å²) in [5, 5.41) is 8.86. The summed E-state index contributed by atoms with van der Waals surface area (Å²) < 4.78 is 48.3. The van der Waals surface area contributed by atoms with Crippen molar-refractivity contribution in [3.05, 3.63) is 29.3 Å². The van der Waals surface area contributed by atoms with E-state index in [1.54, 1.807) is 0 Å². The van der Waals surface area contributed by atoms with E-state index in [1.807, 2.05) is 0 Å². The monoisotopic (exact) mass is 276 g/mol. The first-order valence-corrected chi connectivity index (χ1v) is 5.56. The number of cyclic esters (lactones) is 1. The molecule has 1 N–H and O–H groups in total. The number of rotatable bonds is 3. The van der Waals surface area contributed by atoms with E-state index in [-0.39, 0.29) is 18.6 Å². The molecule has 1 heterocycles. The maximum atomic E-state index is 12.9. The molecule has 0 bridgehead atoms. The van der Waals surface area contributed by atoms with Gasteiger partial charge in [-0.25, -0.2) is 4.79 Å². The van der Waals surface area contributed by atoms with Gasteiger partial charge in [0.05, 0.1) is 18.8 Å². The largest absolute Gasteiger partial charge is 0.478 e. The minimum absolute atomic E-state index is 0.119. The minimum atomic E-state index is -4.62. The Bertz CT molecular complexity index is 484. The summed E-state index contributed by atoms with van der Waals surface area (Å²) in [4.78, 5) is 11.2. The number of benzene rings is 1. The molecule has 19 heavy (non-hydrogen) atoms. The van der Waals surface area contributed by atoms with E-state index < -0.39 is 36.2 Å². The fourth-order valence-corrected chi connectivity index (χ4v) is 1.74. The van der Waals surface area contributed by atoms with Crippen LogP contribution in [0.5, 0.6) is 5.75 Å². The lowest BCUT2D eigenvalue weighted by atomic mass is 10.1. The zero-order valence-corrected chi connectivity index (χ0v) is 9.74. The van der Waals surface area contributed by atoms with Crippen LogP contribution in [-0.2, 0) is 22.3 Å². The highest BCUT2D eigenvalue weighted by molar-refractivity contribution is 5.76. The van der Waals surface area contributed by atoms with Gasteiger partial charge >= 0.3 is 12.1 Å². The summed E-state index contributed by atoms with van der Waals surface area (Å²) in [6.07, 6.45) is -5.41. The molecule has 1 atom stereocenters. The van der Waals surface area contributed by atoms with Crippen LogP contribution in [-0.4, -0.2) is 23.8 Å². The average molecular weight is 276 g/mol. The van der Waals surface area contributed by atoms with Crippen molar-refractivity contribution in [2.24, 2.45) is 0 Å². The second-order valence-electron chi connectivity index (χ2n) is 4.05. The summed E-state index contributed by atoms with van der Waals surface area (Å²) in [6, 6.07) is 3.21. The van der Waals surface area contributed by atoms with Gasteiger partial charge in [-0.15, -0.1) is 0 Å². The first-order valence-electron chi connectivity index (χ1n) is 5.56. The molecule has 0 aromatic heterocycles. The van der Waals surface area contributed by atoms with E-state index in [1.165, 1.54) is 6.07 Å². The summed E-state index contributed by atoms with van der Waals surface area (Å²) in [7, 11) is 0. The Morgan fingerprint density at radius 2 is 2.16 bits per heavy atom. The van der Waals surface area contributed by atoms with Crippen LogP contribution in [0.25, 0.3) is 0 Å². The Hall–Kier alpha value is -1.76. The number of aliphatic hydroxyl groups is 1. The Morgan fingerprint density at radius 3 is 2.68 bits per heavy atom. The number of ether oxygens (including phenoxy) is 2. The van der Waals surface area contributed by atoms with Crippen molar-refractivity contribution in [3.8, 4) is 5.75 Å². The van der Waals surface area contributed by atoms with Crippen LogP contribution < -0.4 is 4.74 Å². The summed E-state index contributed by atoms with van der Waals surface area (Å²) >= 11 is 0. The highest BCUT2D eigenvalue weighted by Gasteiger charge is 2.37. The Morgan fingerprint density at radius 1 is 1.42 bits per heavy atom. The number of carbonyl (C=O) groups excluding carboxylic acids is 1. The van der Waals surface area contributed by atoms with Crippen LogP contribution in [0.2, 0.25) is 0 Å². The third kappa shape index (κ3) is 2.98. The van der Waals surface area contributed by atoms with Crippen molar-refractivity contribution in [1.29, 1.82) is 0 Å². The SMILES string of the molecule is O=C1OCCC1Oc1ccc(CO)cc1C(F)(F)F. The Balaban J connectivity index is 2.31. The lowest BCUT2D eigenvalue weighted by Crippen LogP contribution is -2.23. The zero-order valence-electron chi connectivity index (χ0n) is 9.74. The third-order valence-corrected chi connectivity index (χ3v) is 2.69. The molecule has 1 aliphatic rings. The predicted octanol–water partition coefficient (Wildman–Crippen LogP) is 1.89. The van der Waals surface area contributed by atoms with Crippen LogP contribution in [0.3, 0.4) is 0 Å². The Kier molecular flexibility index (Phi) is 3.66. The molecule has 1 unspecified atom stereocenters. The molecule has 1 fully saturated rings. The number of esters is 1. The summed E-state index contributed by atoms with van der Waals surface area (Å²) in [5.41, 5.74) is -0.896. The van der Waals surface area contributed by atoms with Gasteiger partial charge in [-0.3, -0.25) is 0 Å². The number of carbonyl (C=O) groups is 1. The van der Waals surface area contributed by atoms with Gasteiger partial charge in [0.2, 0.25) is 0 Å². The van der Waals surface area contributed by atoms with E-state index in [2.05, 4.69) is 4.74 Å². The van der Waals surface area contributed by atoms with Crippen molar-refractivity contribution in [3.63, 3.8) is 0 Å². The van der Waals surface area contributed by atoms with E-state index in [0.717, 1.165) is 12.1 Å². The lowest BCUT2D eigenvalue weighted by molar-refractivity contribution is -0.146. The molecule has 0 saturated carbocycles. The topological polar surface area (TPSA) is 55.8 Å². The number of hydrogen-bond donors (Lipinski definition) is 1. The standard InChI is InChI=1S/C12H11F3O4/c13-12(14,15)8-5-7(6-16)1-2-9(8)19-10-3-4-18-11(10)17/h1-2,5,10,16H,3-4,6H2. The molecule has 0 amide bonds. The quantitative estimate of drug-likeness (QED) is 0.857. The molecule has 1 saturated heterocycles. The molecule has 1 aromatic rings. The maximum absolute atomic E-state index is 12.9. The van der Waals surface area contributed by atoms with E-state index in [0.29, 0.717) is 0 Å². The number of hydrogen-bond acceptors (Lipinski definition) is 4. The number of alkyl halides is 3. The van der Waals surface area contributed by atoms with E-state index in [4.69, 9.17) is 9.84 Å². The fraction of sp³-hybridized carbons (Fsp3) is 0.417. The molecular weight excluding hydrogens is 265 g/mol. The first kappa shape index (κ1) is 13.7. The van der Waals surface area contributed by atoms with Gasteiger partial charge in [0.1, 0.15) is 5.75 Å². The molecule has 0 radical (unpaired) electrons. The second kappa shape index (κ2) is 5.08. The smallest absolute Gasteiger partial charge is 0.419 e. The molecule has 4 nitrogen and oxygen atoms in total. The normalized spacial score (nSPS) is 19.4. The average Bonchev–Trinajstić information content (AvgIpc) is 2.74. The van der Waals surface area contributed by atoms with Crippen LogP contribution in [0.4, 0.5) is 13.2 Å². The molecule has 0 aliphatic carbocycles. The maximum Gasteiger partial charge on any atom is 0.419 e. The highest BCUT2D eigenvalue weighted by atomic mass is 19.4.